The number of pyridine rings is 1. The van der Waals surface area contributed by atoms with Crippen LogP contribution in [0.15, 0.2) is 34.9 Å². The van der Waals surface area contributed by atoms with Crippen molar-refractivity contribution in [3.8, 4) is 0 Å². The molecule has 3 aromatic heterocycles. The molecule has 26 heavy (non-hydrogen) atoms. The third-order valence-corrected chi connectivity index (χ3v) is 5.55. The molecule has 5 nitrogen and oxygen atoms in total. The molecular weight excluding hydrogens is 409 g/mol. The normalized spacial score (nSPS) is 11.9. The summed E-state index contributed by atoms with van der Waals surface area (Å²) < 4.78 is 40.0. The Morgan fingerprint density at radius 3 is 2.85 bits per heavy atom. The maximum absolute atomic E-state index is 13.0. The van der Waals surface area contributed by atoms with E-state index in [4.69, 9.17) is 11.6 Å². The van der Waals surface area contributed by atoms with E-state index in [0.29, 0.717) is 6.54 Å². The van der Waals surface area contributed by atoms with Crippen LogP contribution in [0.1, 0.15) is 10.4 Å². The van der Waals surface area contributed by atoms with Crippen LogP contribution >= 0.6 is 34.7 Å². The number of alkyl halides is 3. The maximum atomic E-state index is 13.0. The maximum Gasteiger partial charge on any atom is 0.417 e. The summed E-state index contributed by atoms with van der Waals surface area (Å²) in [5.74, 6) is -0.144. The van der Waals surface area contributed by atoms with Gasteiger partial charge in [0.2, 0.25) is 5.91 Å². The van der Waals surface area contributed by atoms with Crippen molar-refractivity contribution < 1.29 is 18.0 Å². The van der Waals surface area contributed by atoms with Gasteiger partial charge in [-0.05, 0) is 17.5 Å². The SMILES string of the molecule is CN(Cc1cccs1)C(=O)CSc1nnc2c(Cl)cc(C(F)(F)F)cn12. The number of carbonyl (C=O) groups excluding carboxylic acids is 1. The topological polar surface area (TPSA) is 50.5 Å². The molecule has 0 aliphatic heterocycles. The number of rotatable bonds is 5. The highest BCUT2D eigenvalue weighted by molar-refractivity contribution is 7.99. The number of hydrogen-bond acceptors (Lipinski definition) is 5. The average Bonchev–Trinajstić information content (AvgIpc) is 3.21. The van der Waals surface area contributed by atoms with Crippen molar-refractivity contribution >= 4 is 46.3 Å². The van der Waals surface area contributed by atoms with E-state index in [-0.39, 0.29) is 27.5 Å². The molecule has 0 aliphatic rings. The Balaban J connectivity index is 1.74. The molecule has 0 fully saturated rings. The number of halogens is 4. The molecule has 11 heteroatoms. The molecule has 0 unspecified atom stereocenters. The summed E-state index contributed by atoms with van der Waals surface area (Å²) in [6.45, 7) is 0.474. The molecule has 3 rings (SSSR count). The molecule has 0 spiro atoms. The third-order valence-electron chi connectivity index (χ3n) is 3.48. The number of thiophene rings is 1. The molecule has 0 bridgehead atoms. The lowest BCUT2D eigenvalue weighted by Gasteiger charge is -2.15. The zero-order valence-electron chi connectivity index (χ0n) is 13.3. The molecule has 0 radical (unpaired) electrons. The van der Waals surface area contributed by atoms with Crippen LogP contribution in [0.4, 0.5) is 13.2 Å². The summed E-state index contributed by atoms with van der Waals surface area (Å²) in [4.78, 5) is 14.8. The molecule has 0 atom stereocenters. The third kappa shape index (κ3) is 4.13. The lowest BCUT2D eigenvalue weighted by atomic mass is 10.3. The van der Waals surface area contributed by atoms with Crippen molar-refractivity contribution in [3.63, 3.8) is 0 Å². The standard InChI is InChI=1S/C15H12ClF3N4OS2/c1-22(7-10-3-2-4-25-10)12(24)8-26-14-21-20-13-11(16)5-9(6-23(13)14)15(17,18)19/h2-6H,7-8H2,1H3. The van der Waals surface area contributed by atoms with Gasteiger partial charge in [-0.1, -0.05) is 29.4 Å². The van der Waals surface area contributed by atoms with Crippen LogP contribution in [0.25, 0.3) is 5.65 Å². The van der Waals surface area contributed by atoms with Crippen molar-refractivity contribution in [3.05, 3.63) is 45.2 Å². The Bertz CT molecular complexity index is 927. The molecule has 0 saturated heterocycles. The van der Waals surface area contributed by atoms with E-state index in [1.807, 2.05) is 17.5 Å². The Kier molecular flexibility index (Phi) is 5.44. The molecule has 138 valence electrons. The zero-order chi connectivity index (χ0) is 18.9. The molecule has 3 heterocycles. The summed E-state index contributed by atoms with van der Waals surface area (Å²) in [6, 6.07) is 4.63. The van der Waals surface area contributed by atoms with E-state index in [1.54, 1.807) is 23.3 Å². The first-order valence-corrected chi connectivity index (χ1v) is 9.50. The molecule has 0 aromatic carbocycles. The van der Waals surface area contributed by atoms with Gasteiger partial charge in [0.05, 0.1) is 22.9 Å². The van der Waals surface area contributed by atoms with E-state index < -0.39 is 11.7 Å². The van der Waals surface area contributed by atoms with Crippen LogP contribution in [-0.2, 0) is 17.5 Å². The summed E-state index contributed by atoms with van der Waals surface area (Å²) in [6.07, 6.45) is -3.66. The number of thioether (sulfide) groups is 1. The molecule has 3 aromatic rings. The predicted molar refractivity (Wildman–Crippen MR) is 94.5 cm³/mol. The van der Waals surface area contributed by atoms with Gasteiger partial charge in [-0.3, -0.25) is 9.20 Å². The van der Waals surface area contributed by atoms with Crippen molar-refractivity contribution in [2.75, 3.05) is 12.8 Å². The first-order valence-electron chi connectivity index (χ1n) is 7.26. The Labute approximate surface area is 159 Å². The van der Waals surface area contributed by atoms with Gasteiger partial charge in [0, 0.05) is 18.1 Å². The quantitative estimate of drug-likeness (QED) is 0.580. The minimum atomic E-state index is -4.54. The van der Waals surface area contributed by atoms with Gasteiger partial charge < -0.3 is 4.90 Å². The van der Waals surface area contributed by atoms with Crippen LogP contribution < -0.4 is 0 Å². The zero-order valence-corrected chi connectivity index (χ0v) is 15.7. The minimum absolute atomic E-state index is 0.0243. The second kappa shape index (κ2) is 7.45. The highest BCUT2D eigenvalue weighted by Gasteiger charge is 2.32. The fraction of sp³-hybridized carbons (Fsp3) is 0.267. The summed E-state index contributed by atoms with van der Waals surface area (Å²) in [7, 11) is 1.67. The van der Waals surface area contributed by atoms with Gasteiger partial charge in [0.15, 0.2) is 10.8 Å². The van der Waals surface area contributed by atoms with E-state index in [0.717, 1.165) is 33.3 Å². The smallest absolute Gasteiger partial charge is 0.340 e. The van der Waals surface area contributed by atoms with Gasteiger partial charge in [0.25, 0.3) is 0 Å². The van der Waals surface area contributed by atoms with Crippen LogP contribution in [0.3, 0.4) is 0 Å². The number of hydrogen-bond donors (Lipinski definition) is 0. The van der Waals surface area contributed by atoms with Crippen LogP contribution in [0.2, 0.25) is 5.02 Å². The first kappa shape index (κ1) is 19.0. The summed E-state index contributed by atoms with van der Waals surface area (Å²) >= 11 is 8.42. The lowest BCUT2D eigenvalue weighted by Crippen LogP contribution is -2.27. The molecule has 1 amide bonds. The van der Waals surface area contributed by atoms with Gasteiger partial charge in [-0.15, -0.1) is 21.5 Å². The molecule has 0 N–H and O–H groups in total. The number of carbonyl (C=O) groups is 1. The molecule has 0 saturated carbocycles. The van der Waals surface area contributed by atoms with Gasteiger partial charge in [-0.25, -0.2) is 0 Å². The second-order valence-electron chi connectivity index (χ2n) is 5.37. The van der Waals surface area contributed by atoms with Crippen molar-refractivity contribution in [2.24, 2.45) is 0 Å². The number of fused-ring (bicyclic) bond motifs is 1. The van der Waals surface area contributed by atoms with Gasteiger partial charge in [-0.2, -0.15) is 13.2 Å². The summed E-state index contributed by atoms with van der Waals surface area (Å²) in [5.41, 5.74) is -0.792. The van der Waals surface area contributed by atoms with E-state index >= 15 is 0 Å². The summed E-state index contributed by atoms with van der Waals surface area (Å²) in [5, 5.41) is 9.58. The van der Waals surface area contributed by atoms with E-state index in [1.165, 1.54) is 0 Å². The second-order valence-corrected chi connectivity index (χ2v) is 7.75. The van der Waals surface area contributed by atoms with Crippen LogP contribution in [-0.4, -0.2) is 38.2 Å². The lowest BCUT2D eigenvalue weighted by molar-refractivity contribution is -0.138. The van der Waals surface area contributed by atoms with Crippen molar-refractivity contribution in [1.29, 1.82) is 0 Å². The Morgan fingerprint density at radius 1 is 1.42 bits per heavy atom. The van der Waals surface area contributed by atoms with E-state index in [2.05, 4.69) is 10.2 Å². The molecule has 0 aliphatic carbocycles. The Hall–Kier alpha value is -1.78. The number of amides is 1. The largest absolute Gasteiger partial charge is 0.417 e. The van der Waals surface area contributed by atoms with Crippen molar-refractivity contribution in [2.45, 2.75) is 17.9 Å². The van der Waals surface area contributed by atoms with Crippen molar-refractivity contribution in [1.82, 2.24) is 19.5 Å². The fourth-order valence-corrected chi connectivity index (χ4v) is 4.00. The number of nitrogens with zero attached hydrogens (tertiary/aromatic N) is 4. The minimum Gasteiger partial charge on any atom is -0.340 e. The van der Waals surface area contributed by atoms with Gasteiger partial charge in [0.1, 0.15) is 0 Å². The predicted octanol–water partition coefficient (Wildman–Crippen LogP) is 4.21. The monoisotopic (exact) mass is 420 g/mol. The Morgan fingerprint density at radius 2 is 2.19 bits per heavy atom. The first-order chi connectivity index (χ1) is 12.3. The van der Waals surface area contributed by atoms with Gasteiger partial charge >= 0.3 is 6.18 Å². The highest BCUT2D eigenvalue weighted by atomic mass is 35.5. The van der Waals surface area contributed by atoms with Crippen LogP contribution in [0, 0.1) is 0 Å². The van der Waals surface area contributed by atoms with E-state index in [9.17, 15) is 18.0 Å². The number of aromatic nitrogens is 3. The van der Waals surface area contributed by atoms with Crippen LogP contribution in [0.5, 0.6) is 0 Å². The highest BCUT2D eigenvalue weighted by Crippen LogP contribution is 2.33. The molecular formula is C15H12ClF3N4OS2. The fourth-order valence-electron chi connectivity index (χ4n) is 2.15. The average molecular weight is 421 g/mol.